The predicted octanol–water partition coefficient (Wildman–Crippen LogP) is 3.57. The van der Waals surface area contributed by atoms with Crippen LogP contribution in [-0.2, 0) is 34.8 Å². The molecule has 1 N–H and O–H groups in total. The molecule has 6 rings (SSSR count). The van der Waals surface area contributed by atoms with Gasteiger partial charge in [-0.2, -0.15) is 0 Å². The number of likely N-dealkylation sites (N-methyl/N-ethyl adjacent to an activating group) is 1. The number of nitrogens with zero attached hydrogens (tertiary/aromatic N) is 4. The summed E-state index contributed by atoms with van der Waals surface area (Å²) < 4.78 is 7.04. The Balaban J connectivity index is 1.53. The second-order valence-corrected chi connectivity index (χ2v) is 11.2. The van der Waals surface area contributed by atoms with Gasteiger partial charge in [-0.25, -0.2) is 4.98 Å². The minimum atomic E-state index is -1.46. The lowest BCUT2D eigenvalue weighted by Crippen LogP contribution is -2.45. The minimum absolute atomic E-state index is 0.134. The number of halogens is 1. The summed E-state index contributed by atoms with van der Waals surface area (Å²) in [6.45, 7) is 12.1. The van der Waals surface area contributed by atoms with Crippen molar-refractivity contribution >= 4 is 28.5 Å². The van der Waals surface area contributed by atoms with Crippen LogP contribution in [-0.4, -0.2) is 63.2 Å². The Morgan fingerprint density at radius 1 is 1.08 bits per heavy atom. The first-order valence-electron chi connectivity index (χ1n) is 13.4. The van der Waals surface area contributed by atoms with Crippen molar-refractivity contribution in [3.63, 3.8) is 0 Å². The molecule has 2 aromatic heterocycles. The monoisotopic (exact) mass is 536 g/mol. The van der Waals surface area contributed by atoms with E-state index in [9.17, 15) is 14.7 Å². The van der Waals surface area contributed by atoms with Crippen LogP contribution in [0, 0.1) is 6.92 Å². The van der Waals surface area contributed by atoms with Gasteiger partial charge in [-0.1, -0.05) is 25.4 Å². The molecular formula is C29H33ClN4O4. The van der Waals surface area contributed by atoms with Crippen LogP contribution in [0.2, 0.25) is 5.02 Å². The molecule has 3 aliphatic rings. The summed E-state index contributed by atoms with van der Waals surface area (Å²) in [4.78, 5) is 36.0. The Kier molecular flexibility index (Phi) is 6.34. The van der Waals surface area contributed by atoms with Gasteiger partial charge in [0.2, 0.25) is 0 Å². The number of carbonyl (C=O) groups is 1. The number of piperazine rings is 1. The first-order valence-corrected chi connectivity index (χ1v) is 13.8. The Bertz CT molecular complexity index is 1530. The number of ether oxygens (including phenoxy) is 1. The van der Waals surface area contributed by atoms with Crippen LogP contribution in [0.5, 0.6) is 0 Å². The van der Waals surface area contributed by atoms with Crippen LogP contribution < -0.4 is 5.56 Å². The van der Waals surface area contributed by atoms with Crippen molar-refractivity contribution < 1.29 is 14.6 Å². The molecule has 1 aromatic carbocycles. The number of benzene rings is 1. The molecule has 8 nitrogen and oxygen atoms in total. The van der Waals surface area contributed by atoms with Crippen molar-refractivity contribution in [1.29, 1.82) is 0 Å². The average molecular weight is 537 g/mol. The van der Waals surface area contributed by atoms with E-state index in [2.05, 4.69) is 22.8 Å². The highest BCUT2D eigenvalue weighted by Gasteiger charge is 2.40. The number of aromatic nitrogens is 2. The van der Waals surface area contributed by atoms with E-state index in [0.717, 1.165) is 67.0 Å². The number of rotatable bonds is 4. The number of esters is 1. The first-order chi connectivity index (χ1) is 18.2. The van der Waals surface area contributed by atoms with Crippen LogP contribution >= 0.6 is 11.6 Å². The Labute approximate surface area is 226 Å². The van der Waals surface area contributed by atoms with E-state index in [0.29, 0.717) is 34.8 Å². The number of carbonyl (C=O) groups excluding carboxylic acids is 1. The highest BCUT2D eigenvalue weighted by molar-refractivity contribution is 6.32. The topological polar surface area (TPSA) is 87.9 Å². The molecule has 200 valence electrons. The highest BCUT2D eigenvalue weighted by atomic mass is 35.5. The van der Waals surface area contributed by atoms with Crippen molar-refractivity contribution in [2.45, 2.75) is 58.9 Å². The fourth-order valence-corrected chi connectivity index (χ4v) is 6.31. The summed E-state index contributed by atoms with van der Waals surface area (Å²) in [7, 11) is 0. The van der Waals surface area contributed by atoms with Crippen LogP contribution in [0.4, 0.5) is 0 Å². The maximum Gasteiger partial charge on any atom is 0.309 e. The minimum Gasteiger partial charge on any atom is -0.460 e. The molecule has 1 atom stereocenters. The van der Waals surface area contributed by atoms with E-state index in [1.54, 1.807) is 4.57 Å². The molecule has 0 spiro atoms. The number of aliphatic hydroxyl groups is 1. The van der Waals surface area contributed by atoms with E-state index >= 15 is 0 Å². The highest BCUT2D eigenvalue weighted by Crippen LogP contribution is 2.41. The van der Waals surface area contributed by atoms with Gasteiger partial charge in [-0.05, 0) is 54.8 Å². The molecule has 38 heavy (non-hydrogen) atoms. The number of hydrogen-bond acceptors (Lipinski definition) is 7. The quantitative estimate of drug-likeness (QED) is 0.399. The zero-order valence-corrected chi connectivity index (χ0v) is 22.9. The standard InChI is InChI=1S/C29H33ClN4O4/c1-4-29(37)13-26(35)38-16-21-22(29)11-25-27-20(15-34(25)28(21)36)19(14-33-8-6-32(5-2)7-9-33)18-10-17(3)23(30)12-24(18)31-27/h10-12,37H,4-9,13-16H2,1-3H3/t29-/m1/s1. The smallest absolute Gasteiger partial charge is 0.309 e. The molecule has 1 fully saturated rings. The maximum atomic E-state index is 13.8. The van der Waals surface area contributed by atoms with Crippen LogP contribution in [0.1, 0.15) is 54.5 Å². The van der Waals surface area contributed by atoms with Crippen molar-refractivity contribution in [2.75, 3.05) is 32.7 Å². The number of fused-ring (bicyclic) bond motifs is 5. The van der Waals surface area contributed by atoms with Gasteiger partial charge in [0, 0.05) is 48.7 Å². The Hall–Kier alpha value is -2.78. The van der Waals surface area contributed by atoms with Crippen molar-refractivity contribution in [2.24, 2.45) is 0 Å². The van der Waals surface area contributed by atoms with Gasteiger partial charge in [-0.15, -0.1) is 0 Å². The maximum absolute atomic E-state index is 13.8. The molecule has 9 heteroatoms. The van der Waals surface area contributed by atoms with Crippen molar-refractivity contribution in [1.82, 2.24) is 19.4 Å². The average Bonchev–Trinajstić information content (AvgIpc) is 3.21. The third-order valence-corrected chi connectivity index (χ3v) is 9.05. The number of cyclic esters (lactones) is 1. The molecular weight excluding hydrogens is 504 g/mol. The lowest BCUT2D eigenvalue weighted by atomic mass is 9.85. The van der Waals surface area contributed by atoms with Crippen LogP contribution in [0.25, 0.3) is 22.3 Å². The van der Waals surface area contributed by atoms with Gasteiger partial charge in [-0.3, -0.25) is 14.5 Å². The summed E-state index contributed by atoms with van der Waals surface area (Å²) >= 11 is 6.53. The summed E-state index contributed by atoms with van der Waals surface area (Å²) in [5.74, 6) is -0.505. The largest absolute Gasteiger partial charge is 0.460 e. The summed E-state index contributed by atoms with van der Waals surface area (Å²) in [5.41, 5.74) is 4.52. The first kappa shape index (κ1) is 25.5. The van der Waals surface area contributed by atoms with Gasteiger partial charge in [0.15, 0.2) is 0 Å². The van der Waals surface area contributed by atoms with Crippen LogP contribution in [0.15, 0.2) is 23.0 Å². The number of hydrogen-bond donors (Lipinski definition) is 1. The van der Waals surface area contributed by atoms with Crippen molar-refractivity contribution in [3.8, 4) is 11.4 Å². The molecule has 0 unspecified atom stereocenters. The molecule has 1 saturated heterocycles. The number of aryl methyl sites for hydroxylation is 1. The van der Waals surface area contributed by atoms with E-state index in [4.69, 9.17) is 21.3 Å². The predicted molar refractivity (Wildman–Crippen MR) is 146 cm³/mol. The van der Waals surface area contributed by atoms with Gasteiger partial charge in [0.25, 0.3) is 5.56 Å². The van der Waals surface area contributed by atoms with Gasteiger partial charge < -0.3 is 19.3 Å². The third kappa shape index (κ3) is 4.06. The number of pyridine rings is 2. The van der Waals surface area contributed by atoms with Crippen molar-refractivity contribution in [3.05, 3.63) is 61.4 Å². The summed E-state index contributed by atoms with van der Waals surface area (Å²) in [5, 5.41) is 13.2. The molecule has 0 saturated carbocycles. The Morgan fingerprint density at radius 3 is 2.53 bits per heavy atom. The van der Waals surface area contributed by atoms with E-state index in [-0.39, 0.29) is 18.6 Å². The second kappa shape index (κ2) is 9.45. The molecule has 0 aliphatic carbocycles. The molecule has 0 bridgehead atoms. The van der Waals surface area contributed by atoms with E-state index in [1.807, 2.05) is 26.0 Å². The summed E-state index contributed by atoms with van der Waals surface area (Å²) in [6, 6.07) is 5.87. The fourth-order valence-electron chi connectivity index (χ4n) is 6.16. The zero-order valence-electron chi connectivity index (χ0n) is 22.1. The van der Waals surface area contributed by atoms with Gasteiger partial charge in [0.1, 0.15) is 12.2 Å². The fraction of sp³-hybridized carbons (Fsp3) is 0.483. The normalized spacial score (nSPS) is 21.7. The SMILES string of the molecule is CCN1CCN(Cc2c3c(nc4cc(Cl)c(C)cc24)-c2cc4c(c(=O)n2C3)COC(=O)C[C@]4(O)CC)CC1. The second-order valence-electron chi connectivity index (χ2n) is 10.8. The molecule has 0 amide bonds. The molecule has 3 aliphatic heterocycles. The lowest BCUT2D eigenvalue weighted by molar-refractivity contribution is -0.149. The zero-order chi connectivity index (χ0) is 26.8. The van der Waals surface area contributed by atoms with Gasteiger partial charge >= 0.3 is 5.97 Å². The third-order valence-electron chi connectivity index (χ3n) is 8.64. The van der Waals surface area contributed by atoms with Gasteiger partial charge in [0.05, 0.1) is 35.4 Å². The van der Waals surface area contributed by atoms with E-state index < -0.39 is 11.6 Å². The molecule has 3 aromatic rings. The molecule has 0 radical (unpaired) electrons. The van der Waals surface area contributed by atoms with E-state index in [1.165, 1.54) is 5.56 Å². The lowest BCUT2D eigenvalue weighted by Gasteiger charge is -2.34. The molecule has 5 heterocycles. The Morgan fingerprint density at radius 2 is 1.82 bits per heavy atom. The summed E-state index contributed by atoms with van der Waals surface area (Å²) in [6.07, 6.45) is 0.112. The van der Waals surface area contributed by atoms with Crippen LogP contribution in [0.3, 0.4) is 0 Å².